The van der Waals surface area contributed by atoms with E-state index in [9.17, 15) is 0 Å². The van der Waals surface area contributed by atoms with Crippen LogP contribution in [0.15, 0.2) is 48.5 Å². The van der Waals surface area contributed by atoms with Crippen molar-refractivity contribution in [2.24, 2.45) is 5.92 Å². The van der Waals surface area contributed by atoms with Gasteiger partial charge < -0.3 is 9.47 Å². The van der Waals surface area contributed by atoms with Gasteiger partial charge in [0.2, 0.25) is 0 Å². The van der Waals surface area contributed by atoms with Crippen molar-refractivity contribution in [3.05, 3.63) is 104 Å². The molecule has 9 rings (SSSR count). The Morgan fingerprint density at radius 1 is 0.318 bits per heavy atom. The molecule has 66 heavy (non-hydrogen) atoms. The van der Waals surface area contributed by atoms with E-state index in [0.29, 0.717) is 5.92 Å². The van der Waals surface area contributed by atoms with Gasteiger partial charge in [0.05, 0.1) is 13.2 Å². The fourth-order valence-electron chi connectivity index (χ4n) is 9.50. The quantitative estimate of drug-likeness (QED) is 0.189. The highest BCUT2D eigenvalue weighted by Gasteiger charge is 2.28. The summed E-state index contributed by atoms with van der Waals surface area (Å²) in [5, 5.41) is 0. The van der Waals surface area contributed by atoms with E-state index in [1.807, 2.05) is 111 Å². The summed E-state index contributed by atoms with van der Waals surface area (Å²) in [6, 6.07) is 18.6. The zero-order valence-corrected chi connectivity index (χ0v) is 45.7. The van der Waals surface area contributed by atoms with E-state index < -0.39 is 0 Å². The van der Waals surface area contributed by atoms with Gasteiger partial charge in [-0.05, 0) is 195 Å². The first-order valence-corrected chi connectivity index (χ1v) is 27.4. The predicted molar refractivity (Wildman–Crippen MR) is 304 cm³/mol. The molecule has 0 unspecified atom stereocenters. The summed E-state index contributed by atoms with van der Waals surface area (Å²) < 4.78 is 12.7. The Labute approximate surface area is 413 Å². The van der Waals surface area contributed by atoms with E-state index in [2.05, 4.69) is 69.3 Å². The van der Waals surface area contributed by atoms with Gasteiger partial charge in [0.15, 0.2) is 0 Å². The molecular weight excluding hydrogens is 801 g/mol. The summed E-state index contributed by atoms with van der Waals surface area (Å²) in [5.41, 5.74) is 21.5. The lowest BCUT2D eigenvalue weighted by Gasteiger charge is -2.27. The third-order valence-electron chi connectivity index (χ3n) is 12.0. The van der Waals surface area contributed by atoms with Crippen LogP contribution in [0.25, 0.3) is 22.3 Å². The summed E-state index contributed by atoms with van der Waals surface area (Å²) in [5.74, 6) is 2.53. The Balaban J connectivity index is -0.000000909. The molecule has 0 N–H and O–H groups in total. The molecule has 1 heterocycles. The topological polar surface area (TPSA) is 18.5 Å². The van der Waals surface area contributed by atoms with Crippen LogP contribution < -0.4 is 9.47 Å². The fourth-order valence-corrected chi connectivity index (χ4v) is 9.50. The molecule has 0 amide bonds. The monoisotopic (exact) mass is 911 g/mol. The van der Waals surface area contributed by atoms with Gasteiger partial charge in [-0.25, -0.2) is 0 Å². The van der Waals surface area contributed by atoms with Crippen LogP contribution in [0.5, 0.6) is 11.5 Å². The second-order valence-corrected chi connectivity index (χ2v) is 15.5. The van der Waals surface area contributed by atoms with Gasteiger partial charge in [0.25, 0.3) is 0 Å². The number of ether oxygens (including phenoxy) is 2. The molecule has 0 radical (unpaired) electrons. The molecule has 1 aliphatic heterocycles. The van der Waals surface area contributed by atoms with Gasteiger partial charge in [0, 0.05) is 17.0 Å². The number of aryl methyl sites for hydroxylation is 6. The van der Waals surface area contributed by atoms with E-state index in [1.165, 1.54) is 147 Å². The van der Waals surface area contributed by atoms with Gasteiger partial charge >= 0.3 is 0 Å². The average molecular weight is 912 g/mol. The smallest absolute Gasteiger partial charge is 0.127 e. The Hall–Kier alpha value is -3.52. The number of hydrogen-bond donors (Lipinski definition) is 0. The highest BCUT2D eigenvalue weighted by molar-refractivity contribution is 5.84. The summed E-state index contributed by atoms with van der Waals surface area (Å²) in [4.78, 5) is 0. The Morgan fingerprint density at radius 2 is 0.545 bits per heavy atom. The van der Waals surface area contributed by atoms with Crippen molar-refractivity contribution >= 4 is 0 Å². The maximum absolute atomic E-state index is 6.35. The zero-order valence-electron chi connectivity index (χ0n) is 45.7. The van der Waals surface area contributed by atoms with E-state index in [1.54, 1.807) is 33.4 Å². The SMILES string of the molecule is C.C.CC.CC.CC.CC.CC.CC.CC.CC.CC1COc2ccc3c(c2-c2c(ccc4c2CCCC4)OC1)CCCC3.Cc1ccc2c(c1-c1c(C)ccc3c1CCCC3)CCCC2. The molecule has 2 nitrogen and oxygen atoms in total. The molecule has 4 aliphatic carbocycles. The molecule has 0 bridgehead atoms. The van der Waals surface area contributed by atoms with Crippen LogP contribution in [-0.4, -0.2) is 13.2 Å². The van der Waals surface area contributed by atoms with Gasteiger partial charge in [-0.15, -0.1) is 0 Å². The van der Waals surface area contributed by atoms with Crippen LogP contribution >= 0.6 is 0 Å². The summed E-state index contributed by atoms with van der Waals surface area (Å²) in [6.45, 7) is 40.3. The normalized spacial score (nSPS) is 14.0. The lowest BCUT2D eigenvalue weighted by Crippen LogP contribution is -2.16. The first-order valence-electron chi connectivity index (χ1n) is 27.4. The number of fused-ring (bicyclic) bond motifs is 9. The van der Waals surface area contributed by atoms with Crippen molar-refractivity contribution in [3.8, 4) is 33.8 Å². The van der Waals surface area contributed by atoms with Crippen molar-refractivity contribution in [2.45, 2.75) is 249 Å². The Morgan fingerprint density at radius 3 is 0.818 bits per heavy atom. The minimum absolute atomic E-state index is 0. The molecule has 0 atom stereocenters. The molecule has 0 saturated carbocycles. The molecule has 378 valence electrons. The van der Waals surface area contributed by atoms with Crippen LogP contribution in [0.3, 0.4) is 0 Å². The van der Waals surface area contributed by atoms with E-state index in [-0.39, 0.29) is 14.9 Å². The second-order valence-electron chi connectivity index (χ2n) is 15.5. The minimum atomic E-state index is 0. The highest BCUT2D eigenvalue weighted by Crippen LogP contribution is 2.47. The van der Waals surface area contributed by atoms with Crippen molar-refractivity contribution in [2.75, 3.05) is 13.2 Å². The first-order chi connectivity index (χ1) is 31.6. The van der Waals surface area contributed by atoms with E-state index in [4.69, 9.17) is 9.47 Å². The number of benzene rings is 4. The van der Waals surface area contributed by atoms with Crippen LogP contribution in [0.1, 0.15) is 240 Å². The molecule has 0 aromatic heterocycles. The molecule has 5 aliphatic rings. The van der Waals surface area contributed by atoms with Gasteiger partial charge in [0.1, 0.15) is 11.5 Å². The van der Waals surface area contributed by atoms with Crippen molar-refractivity contribution in [1.29, 1.82) is 0 Å². The van der Waals surface area contributed by atoms with Gasteiger partial charge in [-0.3, -0.25) is 0 Å². The van der Waals surface area contributed by atoms with E-state index in [0.717, 1.165) is 24.7 Å². The molecule has 4 aromatic rings. The van der Waals surface area contributed by atoms with Crippen LogP contribution in [0, 0.1) is 19.8 Å². The predicted octanol–water partition coefficient (Wildman–Crippen LogP) is 20.7. The molecular formula is C64H110O2. The summed E-state index contributed by atoms with van der Waals surface area (Å²) in [7, 11) is 0. The second kappa shape index (κ2) is 39.5. The minimum Gasteiger partial charge on any atom is -0.493 e. The van der Waals surface area contributed by atoms with Crippen molar-refractivity contribution in [1.82, 2.24) is 0 Å². The lowest BCUT2D eigenvalue weighted by molar-refractivity contribution is 0.192. The highest BCUT2D eigenvalue weighted by atomic mass is 16.5. The summed E-state index contributed by atoms with van der Waals surface area (Å²) >= 11 is 0. The molecule has 4 aromatic carbocycles. The lowest BCUT2D eigenvalue weighted by atomic mass is 9.78. The maximum Gasteiger partial charge on any atom is 0.127 e. The van der Waals surface area contributed by atoms with Gasteiger partial charge in [-0.2, -0.15) is 0 Å². The molecule has 0 saturated heterocycles. The van der Waals surface area contributed by atoms with Crippen LogP contribution in [0.4, 0.5) is 0 Å². The third kappa shape index (κ3) is 17.5. The third-order valence-corrected chi connectivity index (χ3v) is 12.0. The van der Waals surface area contributed by atoms with Gasteiger partial charge in [-0.1, -0.05) is 169 Å². The Bertz CT molecular complexity index is 1700. The van der Waals surface area contributed by atoms with Crippen LogP contribution in [-0.2, 0) is 51.4 Å². The standard InChI is InChI=1S/C24H28O2.C22H26.8C2H6.2CH4/c1-16-14-25-21-12-10-17-6-2-4-8-19(17)23(21)24-20-9-5-3-7-18(20)11-13-22(24)26-15-16;1-15-11-13-17-7-3-5-9-19(17)21(15)22-16(2)12-14-18-8-4-6-10-20(18)22;8*1-2;;/h10-13,16H,2-9,14-15H2,1H3;11-14H,3-10H2,1-2H3;8*1-2H3;2*1H4. The zero-order chi connectivity index (χ0) is 48.6. The van der Waals surface area contributed by atoms with E-state index >= 15 is 0 Å². The molecule has 2 heteroatoms. The number of hydrogen-bond acceptors (Lipinski definition) is 2. The Kier molecular flexibility index (Phi) is 39.9. The molecule has 0 spiro atoms. The average Bonchev–Trinajstić information content (AvgIpc) is 3.47. The summed E-state index contributed by atoms with van der Waals surface area (Å²) in [6.07, 6.45) is 20.4. The van der Waals surface area contributed by atoms with Crippen molar-refractivity contribution < 1.29 is 9.47 Å². The maximum atomic E-state index is 6.35. The largest absolute Gasteiger partial charge is 0.493 e. The first kappa shape index (κ1) is 66.8. The van der Waals surface area contributed by atoms with Crippen molar-refractivity contribution in [3.63, 3.8) is 0 Å². The fraction of sp³-hybridized carbons (Fsp3) is 0.625. The molecule has 0 fully saturated rings. The number of rotatable bonds is 1. The van der Waals surface area contributed by atoms with Crippen LogP contribution in [0.2, 0.25) is 0 Å².